The number of hydrogen-bond donors (Lipinski definition) is 2. The van der Waals surface area contributed by atoms with Gasteiger partial charge >= 0.3 is 0 Å². The van der Waals surface area contributed by atoms with Crippen LogP contribution in [0.3, 0.4) is 0 Å². The van der Waals surface area contributed by atoms with Crippen molar-refractivity contribution in [1.82, 2.24) is 25.1 Å². The standard InChI is InChI=1S/C24H13Cl2N7OS/c1-27-20-19(16-3-2-15(25)11-17(16)26)22(23-30-12-31-33-23)35-21(20)14-6-9-29-18(10-14)32-24(34)13-4-7-28-8-5-13/h2-12H,(H,29,32,34)(H,30,31,33). The van der Waals surface area contributed by atoms with Gasteiger partial charge in [-0.1, -0.05) is 29.3 Å². The molecule has 0 aliphatic heterocycles. The smallest absolute Gasteiger partial charge is 0.256 e. The molecule has 1 amide bonds. The van der Waals surface area contributed by atoms with E-state index in [-0.39, 0.29) is 5.91 Å². The number of rotatable bonds is 5. The Hall–Kier alpha value is -4.10. The second kappa shape index (κ2) is 9.64. The molecule has 0 saturated carbocycles. The molecule has 4 heterocycles. The number of carbonyl (C=O) groups is 1. The number of pyridine rings is 2. The lowest BCUT2D eigenvalue weighted by molar-refractivity contribution is 0.102. The number of aromatic amines is 1. The minimum absolute atomic E-state index is 0.315. The maximum absolute atomic E-state index is 12.6. The average Bonchev–Trinajstić information content (AvgIpc) is 3.53. The first kappa shape index (κ1) is 22.7. The second-order valence-corrected chi connectivity index (χ2v) is 9.04. The number of benzene rings is 1. The summed E-state index contributed by atoms with van der Waals surface area (Å²) in [5, 5.41) is 11.7. The zero-order valence-corrected chi connectivity index (χ0v) is 20.0. The minimum Gasteiger partial charge on any atom is -0.327 e. The Balaban J connectivity index is 1.63. The van der Waals surface area contributed by atoms with Gasteiger partial charge < -0.3 is 10.3 Å². The van der Waals surface area contributed by atoms with Crippen molar-refractivity contribution in [2.75, 3.05) is 5.32 Å². The summed E-state index contributed by atoms with van der Waals surface area (Å²) in [7, 11) is 0. The summed E-state index contributed by atoms with van der Waals surface area (Å²) >= 11 is 14.0. The van der Waals surface area contributed by atoms with Crippen LogP contribution >= 0.6 is 34.5 Å². The van der Waals surface area contributed by atoms with Crippen LogP contribution in [0, 0.1) is 6.57 Å². The number of halogens is 2. The minimum atomic E-state index is -0.315. The van der Waals surface area contributed by atoms with E-state index in [1.54, 1.807) is 61.1 Å². The highest BCUT2D eigenvalue weighted by molar-refractivity contribution is 7.20. The summed E-state index contributed by atoms with van der Waals surface area (Å²) in [4.78, 5) is 29.0. The van der Waals surface area contributed by atoms with Crippen LogP contribution in [-0.4, -0.2) is 31.1 Å². The zero-order valence-electron chi connectivity index (χ0n) is 17.7. The third-order valence-corrected chi connectivity index (χ3v) is 6.82. The molecule has 8 nitrogen and oxygen atoms in total. The van der Waals surface area contributed by atoms with E-state index in [1.807, 2.05) is 0 Å². The molecule has 170 valence electrons. The van der Waals surface area contributed by atoms with Gasteiger partial charge in [-0.3, -0.25) is 9.78 Å². The molecular formula is C24H13Cl2N7OS. The summed E-state index contributed by atoms with van der Waals surface area (Å²) in [5.41, 5.74) is 2.83. The van der Waals surface area contributed by atoms with Crippen molar-refractivity contribution in [3.05, 3.63) is 94.4 Å². The van der Waals surface area contributed by atoms with Crippen LogP contribution in [0.5, 0.6) is 0 Å². The van der Waals surface area contributed by atoms with Crippen molar-refractivity contribution in [3.8, 4) is 32.3 Å². The average molecular weight is 518 g/mol. The number of aromatic nitrogens is 5. The van der Waals surface area contributed by atoms with E-state index < -0.39 is 0 Å². The molecule has 0 saturated heterocycles. The number of hydrogen-bond acceptors (Lipinski definition) is 6. The maximum atomic E-state index is 12.6. The molecule has 11 heteroatoms. The van der Waals surface area contributed by atoms with Gasteiger partial charge in [0, 0.05) is 44.6 Å². The third kappa shape index (κ3) is 4.50. The van der Waals surface area contributed by atoms with Crippen LogP contribution in [0.2, 0.25) is 10.0 Å². The summed E-state index contributed by atoms with van der Waals surface area (Å²) in [6.07, 6.45) is 6.13. The van der Waals surface area contributed by atoms with Gasteiger partial charge in [-0.05, 0) is 47.5 Å². The third-order valence-electron chi connectivity index (χ3n) is 5.03. The van der Waals surface area contributed by atoms with Crippen LogP contribution < -0.4 is 5.32 Å². The van der Waals surface area contributed by atoms with E-state index in [4.69, 9.17) is 29.8 Å². The van der Waals surface area contributed by atoms with Crippen LogP contribution in [-0.2, 0) is 0 Å². The molecule has 0 fully saturated rings. The molecule has 35 heavy (non-hydrogen) atoms. The van der Waals surface area contributed by atoms with Crippen LogP contribution in [0.15, 0.2) is 67.4 Å². The molecule has 5 aromatic rings. The Morgan fingerprint density at radius 2 is 1.89 bits per heavy atom. The molecular weight excluding hydrogens is 505 g/mol. The number of nitrogens with zero attached hydrogens (tertiary/aromatic N) is 5. The van der Waals surface area contributed by atoms with Gasteiger partial charge in [-0.25, -0.2) is 9.83 Å². The van der Waals surface area contributed by atoms with Gasteiger partial charge in [0.1, 0.15) is 12.1 Å². The molecule has 4 aromatic heterocycles. The fourth-order valence-electron chi connectivity index (χ4n) is 3.48. The van der Waals surface area contributed by atoms with Crippen LogP contribution in [0.25, 0.3) is 37.1 Å². The van der Waals surface area contributed by atoms with Gasteiger partial charge in [0.25, 0.3) is 5.91 Å². The maximum Gasteiger partial charge on any atom is 0.256 e. The summed E-state index contributed by atoms with van der Waals surface area (Å²) in [6.45, 7) is 7.98. The van der Waals surface area contributed by atoms with Crippen molar-refractivity contribution in [2.45, 2.75) is 0 Å². The monoisotopic (exact) mass is 517 g/mol. The van der Waals surface area contributed by atoms with E-state index in [2.05, 4.69) is 35.3 Å². The first-order chi connectivity index (χ1) is 17.0. The second-order valence-electron chi connectivity index (χ2n) is 7.18. The van der Waals surface area contributed by atoms with Gasteiger partial charge in [-0.15, -0.1) is 21.5 Å². The van der Waals surface area contributed by atoms with E-state index in [1.165, 1.54) is 17.7 Å². The number of H-pyrrole nitrogens is 1. The van der Waals surface area contributed by atoms with E-state index in [9.17, 15) is 4.79 Å². The predicted molar refractivity (Wildman–Crippen MR) is 137 cm³/mol. The van der Waals surface area contributed by atoms with Crippen LogP contribution in [0.1, 0.15) is 10.4 Å². The summed E-state index contributed by atoms with van der Waals surface area (Å²) in [6, 6.07) is 11.8. The highest BCUT2D eigenvalue weighted by Crippen LogP contribution is 2.53. The number of nitrogens with one attached hydrogen (secondary N) is 2. The Labute approximate surface area is 213 Å². The molecule has 0 atom stereocenters. The number of anilines is 1. The summed E-state index contributed by atoms with van der Waals surface area (Å²) in [5.74, 6) is 0.540. The molecule has 0 bridgehead atoms. The molecule has 2 N–H and O–H groups in total. The summed E-state index contributed by atoms with van der Waals surface area (Å²) < 4.78 is 0. The molecule has 0 aliphatic rings. The Morgan fingerprint density at radius 1 is 1.06 bits per heavy atom. The van der Waals surface area contributed by atoms with Gasteiger partial charge in [0.2, 0.25) is 5.69 Å². The van der Waals surface area contributed by atoms with Gasteiger partial charge in [0.15, 0.2) is 5.82 Å². The fourth-order valence-corrected chi connectivity index (χ4v) is 5.18. The molecule has 0 aliphatic carbocycles. The largest absolute Gasteiger partial charge is 0.327 e. The van der Waals surface area contributed by atoms with Crippen LogP contribution in [0.4, 0.5) is 11.5 Å². The molecule has 0 spiro atoms. The van der Waals surface area contributed by atoms with Gasteiger partial charge in [0.05, 0.1) is 11.4 Å². The lowest BCUT2D eigenvalue weighted by atomic mass is 10.0. The highest BCUT2D eigenvalue weighted by Gasteiger charge is 2.25. The predicted octanol–water partition coefficient (Wildman–Crippen LogP) is 6.77. The van der Waals surface area contributed by atoms with Crippen molar-refractivity contribution < 1.29 is 4.79 Å². The molecule has 0 radical (unpaired) electrons. The highest BCUT2D eigenvalue weighted by atomic mass is 35.5. The fraction of sp³-hybridized carbons (Fsp3) is 0. The lowest BCUT2D eigenvalue weighted by Crippen LogP contribution is -2.12. The number of amides is 1. The van der Waals surface area contributed by atoms with Crippen molar-refractivity contribution in [1.29, 1.82) is 0 Å². The first-order valence-corrected chi connectivity index (χ1v) is 11.7. The normalized spacial score (nSPS) is 10.7. The Kier molecular flexibility index (Phi) is 6.25. The topological polar surface area (TPSA) is 101 Å². The SMILES string of the molecule is [C-]#[N+]c1c(-c2ccnc(NC(=O)c3ccncc3)c2)sc(-c2nnc[nH]2)c1-c1ccc(Cl)cc1Cl. The zero-order chi connectivity index (χ0) is 24.4. The van der Waals surface area contributed by atoms with E-state index in [0.717, 1.165) is 0 Å². The first-order valence-electron chi connectivity index (χ1n) is 10.1. The quantitative estimate of drug-likeness (QED) is 0.250. The number of carbonyl (C=O) groups excluding carboxylic acids is 1. The van der Waals surface area contributed by atoms with Crippen molar-refractivity contribution in [2.24, 2.45) is 0 Å². The number of thiophene rings is 1. The molecule has 5 rings (SSSR count). The van der Waals surface area contributed by atoms with Crippen molar-refractivity contribution >= 4 is 52.0 Å². The molecule has 0 unspecified atom stereocenters. The van der Waals surface area contributed by atoms with Gasteiger partial charge in [-0.2, -0.15) is 0 Å². The molecule has 1 aromatic carbocycles. The van der Waals surface area contributed by atoms with E-state index in [0.29, 0.717) is 59.4 Å². The Morgan fingerprint density at radius 3 is 2.60 bits per heavy atom. The Bertz CT molecular complexity index is 1580. The van der Waals surface area contributed by atoms with E-state index >= 15 is 0 Å². The lowest BCUT2D eigenvalue weighted by Gasteiger charge is -2.08. The van der Waals surface area contributed by atoms with Crippen molar-refractivity contribution in [3.63, 3.8) is 0 Å².